The normalized spacial score (nSPS) is 18.1. The van der Waals surface area contributed by atoms with Crippen LogP contribution in [0.25, 0.3) is 0 Å². The van der Waals surface area contributed by atoms with Crippen molar-refractivity contribution in [3.63, 3.8) is 0 Å². The van der Waals surface area contributed by atoms with Crippen LogP contribution in [0.1, 0.15) is 31.2 Å². The molecular weight excluding hydrogens is 224 g/mol. The summed E-state index contributed by atoms with van der Waals surface area (Å²) < 4.78 is 0. The quantitative estimate of drug-likeness (QED) is 0.805. The molecular formula is C15H22N2O. The summed E-state index contributed by atoms with van der Waals surface area (Å²) in [5.74, 6) is 1.23. The largest absolute Gasteiger partial charge is 0.355 e. The summed E-state index contributed by atoms with van der Waals surface area (Å²) >= 11 is 0. The number of nitrogens with one attached hydrogen (secondary N) is 1. The standard InChI is InChI=1S/C15H22N2O/c1-11(12-7-8-12)10-17-15(18)14(9-16)13-5-3-2-4-6-13/h2-6,11-12,14H,7-10,16H2,1H3,(H,17,18). The molecule has 1 aromatic carbocycles. The lowest BCUT2D eigenvalue weighted by atomic mass is 9.98. The molecule has 0 saturated heterocycles. The molecule has 98 valence electrons. The number of amides is 1. The van der Waals surface area contributed by atoms with E-state index in [2.05, 4.69) is 12.2 Å². The monoisotopic (exact) mass is 246 g/mol. The van der Waals surface area contributed by atoms with Gasteiger partial charge in [-0.15, -0.1) is 0 Å². The molecule has 2 rings (SSSR count). The third-order valence-electron chi connectivity index (χ3n) is 3.78. The minimum atomic E-state index is -0.224. The van der Waals surface area contributed by atoms with Gasteiger partial charge < -0.3 is 11.1 Å². The number of benzene rings is 1. The van der Waals surface area contributed by atoms with Crippen LogP contribution < -0.4 is 11.1 Å². The van der Waals surface area contributed by atoms with Gasteiger partial charge in [0.1, 0.15) is 0 Å². The van der Waals surface area contributed by atoms with Crippen molar-refractivity contribution in [1.82, 2.24) is 5.32 Å². The Balaban J connectivity index is 1.89. The van der Waals surface area contributed by atoms with Gasteiger partial charge in [0.05, 0.1) is 5.92 Å². The number of carbonyl (C=O) groups is 1. The van der Waals surface area contributed by atoms with E-state index in [9.17, 15) is 4.79 Å². The Morgan fingerprint density at radius 2 is 2.06 bits per heavy atom. The maximum atomic E-state index is 12.1. The molecule has 1 aliphatic rings. The van der Waals surface area contributed by atoms with Crippen molar-refractivity contribution in [1.29, 1.82) is 0 Å². The molecule has 0 aliphatic heterocycles. The highest BCUT2D eigenvalue weighted by Crippen LogP contribution is 2.36. The molecule has 2 unspecified atom stereocenters. The highest BCUT2D eigenvalue weighted by Gasteiger charge is 2.28. The first-order chi connectivity index (χ1) is 8.72. The first-order valence-corrected chi connectivity index (χ1v) is 6.75. The number of hydrogen-bond acceptors (Lipinski definition) is 2. The van der Waals surface area contributed by atoms with E-state index < -0.39 is 0 Å². The predicted molar refractivity (Wildman–Crippen MR) is 73.1 cm³/mol. The molecule has 0 heterocycles. The minimum absolute atomic E-state index is 0.0520. The Kier molecular flexibility index (Phi) is 4.37. The molecule has 0 radical (unpaired) electrons. The Hall–Kier alpha value is -1.35. The molecule has 1 saturated carbocycles. The van der Waals surface area contributed by atoms with Crippen molar-refractivity contribution in [2.24, 2.45) is 17.6 Å². The maximum absolute atomic E-state index is 12.1. The van der Waals surface area contributed by atoms with Crippen molar-refractivity contribution in [3.8, 4) is 0 Å². The summed E-state index contributed by atoms with van der Waals surface area (Å²) in [6.45, 7) is 3.33. The number of rotatable bonds is 6. The van der Waals surface area contributed by atoms with Crippen LogP contribution in [0.15, 0.2) is 30.3 Å². The predicted octanol–water partition coefficient (Wildman–Crippen LogP) is 1.89. The number of nitrogens with two attached hydrogens (primary N) is 1. The van der Waals surface area contributed by atoms with Gasteiger partial charge in [0, 0.05) is 13.1 Å². The molecule has 1 aliphatic carbocycles. The van der Waals surface area contributed by atoms with E-state index >= 15 is 0 Å². The van der Waals surface area contributed by atoms with Crippen LogP contribution in [0, 0.1) is 11.8 Å². The molecule has 3 N–H and O–H groups in total. The van der Waals surface area contributed by atoms with Crippen molar-refractivity contribution < 1.29 is 4.79 Å². The molecule has 1 fully saturated rings. The van der Waals surface area contributed by atoms with Gasteiger partial charge in [-0.2, -0.15) is 0 Å². The molecule has 1 amide bonds. The van der Waals surface area contributed by atoms with Gasteiger partial charge in [0.25, 0.3) is 0 Å². The zero-order valence-electron chi connectivity index (χ0n) is 10.9. The third-order valence-corrected chi connectivity index (χ3v) is 3.78. The molecule has 2 atom stereocenters. The summed E-state index contributed by atoms with van der Waals surface area (Å²) in [4.78, 5) is 12.1. The Labute approximate surface area is 109 Å². The lowest BCUT2D eigenvalue weighted by molar-refractivity contribution is -0.122. The zero-order valence-corrected chi connectivity index (χ0v) is 10.9. The molecule has 1 aromatic rings. The average Bonchev–Trinajstić information content (AvgIpc) is 3.22. The molecule has 0 aromatic heterocycles. The van der Waals surface area contributed by atoms with Crippen LogP contribution in [0.5, 0.6) is 0 Å². The van der Waals surface area contributed by atoms with E-state index in [-0.39, 0.29) is 11.8 Å². The Bertz CT molecular complexity index is 387. The summed E-state index contributed by atoms with van der Waals surface area (Å²) in [6.07, 6.45) is 2.63. The van der Waals surface area contributed by atoms with E-state index in [4.69, 9.17) is 5.73 Å². The topological polar surface area (TPSA) is 55.1 Å². The van der Waals surface area contributed by atoms with E-state index in [1.54, 1.807) is 0 Å². The van der Waals surface area contributed by atoms with Crippen molar-refractivity contribution in [2.45, 2.75) is 25.7 Å². The van der Waals surface area contributed by atoms with Gasteiger partial charge in [-0.25, -0.2) is 0 Å². The maximum Gasteiger partial charge on any atom is 0.228 e. The van der Waals surface area contributed by atoms with Crippen molar-refractivity contribution in [3.05, 3.63) is 35.9 Å². The van der Waals surface area contributed by atoms with Crippen LogP contribution in [-0.4, -0.2) is 19.0 Å². The Morgan fingerprint density at radius 1 is 1.39 bits per heavy atom. The number of carbonyl (C=O) groups excluding carboxylic acids is 1. The van der Waals surface area contributed by atoms with Crippen molar-refractivity contribution in [2.75, 3.05) is 13.1 Å². The highest BCUT2D eigenvalue weighted by molar-refractivity contribution is 5.83. The fraction of sp³-hybridized carbons (Fsp3) is 0.533. The van der Waals surface area contributed by atoms with Crippen molar-refractivity contribution >= 4 is 5.91 Å². The molecule has 0 spiro atoms. The van der Waals surface area contributed by atoms with Gasteiger partial charge >= 0.3 is 0 Å². The molecule has 18 heavy (non-hydrogen) atoms. The second-order valence-electron chi connectivity index (χ2n) is 5.26. The minimum Gasteiger partial charge on any atom is -0.355 e. The zero-order chi connectivity index (χ0) is 13.0. The van der Waals surface area contributed by atoms with Gasteiger partial charge in [-0.3, -0.25) is 4.79 Å². The summed E-state index contributed by atoms with van der Waals surface area (Å²) in [7, 11) is 0. The lowest BCUT2D eigenvalue weighted by Gasteiger charge is -2.17. The summed E-state index contributed by atoms with van der Waals surface area (Å²) in [5.41, 5.74) is 6.72. The average molecular weight is 246 g/mol. The summed E-state index contributed by atoms with van der Waals surface area (Å²) in [6, 6.07) is 9.75. The van der Waals surface area contributed by atoms with E-state index in [1.165, 1.54) is 12.8 Å². The first kappa shape index (κ1) is 13.1. The summed E-state index contributed by atoms with van der Waals surface area (Å²) in [5, 5.41) is 3.03. The molecule has 0 bridgehead atoms. The van der Waals surface area contributed by atoms with Crippen LogP contribution in [0.4, 0.5) is 0 Å². The van der Waals surface area contributed by atoms with Gasteiger partial charge in [-0.1, -0.05) is 37.3 Å². The van der Waals surface area contributed by atoms with Gasteiger partial charge in [0.2, 0.25) is 5.91 Å². The van der Waals surface area contributed by atoms with Gasteiger partial charge in [0.15, 0.2) is 0 Å². The fourth-order valence-corrected chi connectivity index (χ4v) is 2.30. The first-order valence-electron chi connectivity index (χ1n) is 6.75. The number of hydrogen-bond donors (Lipinski definition) is 2. The second-order valence-corrected chi connectivity index (χ2v) is 5.26. The van der Waals surface area contributed by atoms with Crippen LogP contribution in [-0.2, 0) is 4.79 Å². The third kappa shape index (κ3) is 3.33. The lowest BCUT2D eigenvalue weighted by Crippen LogP contribution is -2.36. The SMILES string of the molecule is CC(CNC(=O)C(CN)c1ccccc1)C1CC1. The Morgan fingerprint density at radius 3 is 2.61 bits per heavy atom. The van der Waals surface area contributed by atoms with Gasteiger partial charge in [-0.05, 0) is 30.2 Å². The van der Waals surface area contributed by atoms with Crippen LogP contribution in [0.3, 0.4) is 0 Å². The fourth-order valence-electron chi connectivity index (χ4n) is 2.30. The second kappa shape index (κ2) is 6.01. The molecule has 3 heteroatoms. The van der Waals surface area contributed by atoms with E-state index in [0.29, 0.717) is 12.5 Å². The smallest absolute Gasteiger partial charge is 0.228 e. The highest BCUT2D eigenvalue weighted by atomic mass is 16.1. The van der Waals surface area contributed by atoms with E-state index in [0.717, 1.165) is 18.0 Å². The molecule has 3 nitrogen and oxygen atoms in total. The van der Waals surface area contributed by atoms with Crippen LogP contribution >= 0.6 is 0 Å². The van der Waals surface area contributed by atoms with E-state index in [1.807, 2.05) is 30.3 Å². The van der Waals surface area contributed by atoms with Crippen LogP contribution in [0.2, 0.25) is 0 Å².